The number of rotatable bonds is 2. The predicted octanol–water partition coefficient (Wildman–Crippen LogP) is 1.38. The summed E-state index contributed by atoms with van der Waals surface area (Å²) in [4.78, 5) is 9.47. The van der Waals surface area contributed by atoms with Gasteiger partial charge in [0.05, 0.1) is 5.94 Å². The van der Waals surface area contributed by atoms with E-state index < -0.39 is 5.09 Å². The molecule has 0 aliphatic heterocycles. The van der Waals surface area contributed by atoms with Crippen LogP contribution in [0.1, 0.15) is 0 Å². The second kappa shape index (κ2) is 7.38. The lowest BCUT2D eigenvalue weighted by atomic mass is 10.4. The Morgan fingerprint density at radius 1 is 1.38 bits per heavy atom. The number of nitrogens with zero attached hydrogens (tertiary/aromatic N) is 1. The highest BCUT2D eigenvalue weighted by atomic mass is 32.2. The van der Waals surface area contributed by atoms with Gasteiger partial charge in [0.1, 0.15) is 0 Å². The quantitative estimate of drug-likeness (QED) is 0.328. The lowest BCUT2D eigenvalue weighted by Gasteiger charge is -1.93. The number of hydrogen-bond donors (Lipinski definition) is 2. The fourth-order valence-electron chi connectivity index (χ4n) is 0.591. The summed E-state index contributed by atoms with van der Waals surface area (Å²) >= 11 is 1.43. The van der Waals surface area contributed by atoms with Crippen molar-refractivity contribution in [3.05, 3.63) is 40.4 Å². The van der Waals surface area contributed by atoms with Crippen molar-refractivity contribution in [3.8, 4) is 0 Å². The molecular weight excluding hydrogens is 194 g/mol. The van der Waals surface area contributed by atoms with Crippen molar-refractivity contribution in [2.75, 3.05) is 5.94 Å². The molecule has 0 spiro atoms. The highest BCUT2D eigenvalue weighted by molar-refractivity contribution is 7.99. The summed E-state index contributed by atoms with van der Waals surface area (Å²) in [6, 6.07) is 9.82. The molecule has 0 amide bonds. The van der Waals surface area contributed by atoms with Gasteiger partial charge in [0.15, 0.2) is 0 Å². The first-order valence-electron chi connectivity index (χ1n) is 3.28. The van der Waals surface area contributed by atoms with E-state index in [1.807, 2.05) is 30.3 Å². The summed E-state index contributed by atoms with van der Waals surface area (Å²) < 4.78 is 0. The van der Waals surface area contributed by atoms with Crippen molar-refractivity contribution in [1.82, 2.24) is 0 Å². The van der Waals surface area contributed by atoms with E-state index >= 15 is 0 Å². The monoisotopic (exact) mass is 203 g/mol. The zero-order chi connectivity index (χ0) is 10.1. The highest BCUT2D eigenvalue weighted by Gasteiger charge is 1.85. The minimum atomic E-state index is -1.50. The molecule has 0 radical (unpaired) electrons. The van der Waals surface area contributed by atoms with Gasteiger partial charge >= 0.3 is 0 Å². The third kappa shape index (κ3) is 8.64. The van der Waals surface area contributed by atoms with Crippen LogP contribution in [-0.2, 0) is 0 Å². The fraction of sp³-hybridized carbons (Fsp3) is 0.143. The number of thioether (sulfide) groups is 1. The Balaban J connectivity index is 0.000000310. The summed E-state index contributed by atoms with van der Waals surface area (Å²) in [6.07, 6.45) is 0. The molecule has 1 aromatic rings. The predicted molar refractivity (Wildman–Crippen MR) is 48.2 cm³/mol. The van der Waals surface area contributed by atoms with E-state index in [1.54, 1.807) is 0 Å². The van der Waals surface area contributed by atoms with Crippen molar-refractivity contribution < 1.29 is 15.4 Å². The Hall–Kier alpha value is -1.27. The summed E-state index contributed by atoms with van der Waals surface area (Å²) in [5.74, 6) is 0.157. The van der Waals surface area contributed by atoms with Crippen LogP contribution in [0.5, 0.6) is 0 Å². The van der Waals surface area contributed by atoms with Crippen LogP contribution in [0.2, 0.25) is 0 Å². The lowest BCUT2D eigenvalue weighted by Crippen LogP contribution is -1.81. The molecule has 0 saturated carbocycles. The first-order chi connectivity index (χ1) is 6.16. The Morgan fingerprint density at radius 3 is 2.23 bits per heavy atom. The molecule has 0 atom stereocenters. The standard InChI is InChI=1S/C7H8OS.HNO3/c8-6-9-7-4-2-1-3-5-7;2-1(3)4/h1-5,8H,6H2;(H,2,3,4). The molecule has 0 bridgehead atoms. The molecular formula is C7H9NO4S. The van der Waals surface area contributed by atoms with E-state index in [4.69, 9.17) is 20.4 Å². The average molecular weight is 203 g/mol. The van der Waals surface area contributed by atoms with Crippen LogP contribution >= 0.6 is 11.8 Å². The molecule has 72 valence electrons. The van der Waals surface area contributed by atoms with Gasteiger partial charge in [0.25, 0.3) is 5.09 Å². The molecule has 0 aliphatic carbocycles. The van der Waals surface area contributed by atoms with Crippen LogP contribution in [0.15, 0.2) is 35.2 Å². The van der Waals surface area contributed by atoms with Gasteiger partial charge in [-0.3, -0.25) is 0 Å². The van der Waals surface area contributed by atoms with E-state index in [9.17, 15) is 0 Å². The topological polar surface area (TPSA) is 83.6 Å². The maximum atomic E-state index is 8.48. The van der Waals surface area contributed by atoms with Gasteiger partial charge in [-0.2, -0.15) is 0 Å². The van der Waals surface area contributed by atoms with Crippen LogP contribution in [0.4, 0.5) is 0 Å². The molecule has 5 nitrogen and oxygen atoms in total. The summed E-state index contributed by atoms with van der Waals surface area (Å²) in [5.41, 5.74) is 0. The third-order valence-corrected chi connectivity index (χ3v) is 1.71. The van der Waals surface area contributed by atoms with Crippen molar-refractivity contribution in [1.29, 1.82) is 0 Å². The first-order valence-corrected chi connectivity index (χ1v) is 4.27. The van der Waals surface area contributed by atoms with Gasteiger partial charge in [-0.25, -0.2) is 0 Å². The molecule has 0 aliphatic rings. The van der Waals surface area contributed by atoms with E-state index in [1.165, 1.54) is 11.8 Å². The Labute approximate surface area is 79.1 Å². The van der Waals surface area contributed by atoms with Crippen molar-refractivity contribution >= 4 is 11.8 Å². The second-order valence-corrected chi connectivity index (χ2v) is 2.84. The lowest BCUT2D eigenvalue weighted by molar-refractivity contribution is -0.742. The molecule has 13 heavy (non-hydrogen) atoms. The summed E-state index contributed by atoms with van der Waals surface area (Å²) in [6.45, 7) is 0. The van der Waals surface area contributed by atoms with Gasteiger partial charge in [0.2, 0.25) is 0 Å². The maximum Gasteiger partial charge on any atom is 0.291 e. The largest absolute Gasteiger partial charge is 0.385 e. The van der Waals surface area contributed by atoms with E-state index in [2.05, 4.69) is 0 Å². The van der Waals surface area contributed by atoms with Crippen LogP contribution in [0, 0.1) is 10.1 Å². The number of hydrogen-bond acceptors (Lipinski definition) is 4. The molecule has 0 saturated heterocycles. The molecule has 0 aromatic heterocycles. The van der Waals surface area contributed by atoms with Crippen molar-refractivity contribution in [3.63, 3.8) is 0 Å². The van der Waals surface area contributed by atoms with Crippen LogP contribution in [-0.4, -0.2) is 21.3 Å². The van der Waals surface area contributed by atoms with Crippen LogP contribution in [0.3, 0.4) is 0 Å². The van der Waals surface area contributed by atoms with E-state index in [-0.39, 0.29) is 5.94 Å². The second-order valence-electron chi connectivity index (χ2n) is 1.82. The van der Waals surface area contributed by atoms with Gasteiger partial charge in [-0.15, -0.1) is 10.1 Å². The maximum absolute atomic E-state index is 8.48. The Morgan fingerprint density at radius 2 is 1.85 bits per heavy atom. The number of aliphatic hydroxyl groups excluding tert-OH is 1. The first kappa shape index (κ1) is 11.7. The van der Waals surface area contributed by atoms with Crippen LogP contribution < -0.4 is 0 Å². The van der Waals surface area contributed by atoms with Crippen molar-refractivity contribution in [2.24, 2.45) is 0 Å². The minimum Gasteiger partial charge on any atom is -0.385 e. The summed E-state index contributed by atoms with van der Waals surface area (Å²) in [5, 5.41) is 22.1. The molecule has 0 fully saturated rings. The molecule has 6 heteroatoms. The highest BCUT2D eigenvalue weighted by Crippen LogP contribution is 2.14. The number of aliphatic hydroxyl groups is 1. The van der Waals surface area contributed by atoms with Crippen molar-refractivity contribution in [2.45, 2.75) is 4.90 Å². The SMILES string of the molecule is O=[N+]([O-])O.OCSc1ccccc1. The zero-order valence-corrected chi connectivity index (χ0v) is 7.48. The smallest absolute Gasteiger partial charge is 0.291 e. The molecule has 1 rings (SSSR count). The minimum absolute atomic E-state index is 0.157. The molecule has 0 unspecified atom stereocenters. The van der Waals surface area contributed by atoms with E-state index in [0.717, 1.165) is 4.90 Å². The van der Waals surface area contributed by atoms with Gasteiger partial charge in [-0.1, -0.05) is 30.0 Å². The Bertz CT molecular complexity index is 238. The molecule has 2 N–H and O–H groups in total. The third-order valence-electron chi connectivity index (χ3n) is 0.974. The van der Waals surface area contributed by atoms with Gasteiger partial charge < -0.3 is 10.3 Å². The normalized spacial score (nSPS) is 8.38. The average Bonchev–Trinajstić information content (AvgIpc) is 2.06. The fourth-order valence-corrected chi connectivity index (χ4v) is 1.09. The zero-order valence-electron chi connectivity index (χ0n) is 6.66. The Kier molecular flexibility index (Phi) is 6.66. The van der Waals surface area contributed by atoms with Crippen LogP contribution in [0.25, 0.3) is 0 Å². The van der Waals surface area contributed by atoms with E-state index in [0.29, 0.717) is 0 Å². The molecule has 0 heterocycles. The van der Waals surface area contributed by atoms with Gasteiger partial charge in [-0.05, 0) is 12.1 Å². The number of benzene rings is 1. The van der Waals surface area contributed by atoms with Gasteiger partial charge in [0, 0.05) is 4.90 Å². The summed E-state index contributed by atoms with van der Waals surface area (Å²) in [7, 11) is 0. The molecule has 1 aromatic carbocycles.